The lowest BCUT2D eigenvalue weighted by Crippen LogP contribution is -2.35. The molecule has 0 fully saturated rings. The monoisotopic (exact) mass is 313 g/mol. The fraction of sp³-hybridized carbons (Fsp3) is 0.688. The molecule has 0 saturated carbocycles. The molecule has 1 aliphatic carbocycles. The Morgan fingerprint density at radius 2 is 2.30 bits per heavy atom. The van der Waals surface area contributed by atoms with E-state index in [1.807, 2.05) is 0 Å². The molecular formula is C16H24ClNOS. The minimum absolute atomic E-state index is 0.00415. The van der Waals surface area contributed by atoms with Gasteiger partial charge < -0.3 is 5.32 Å². The maximum absolute atomic E-state index is 12.4. The number of thiophene rings is 1. The molecule has 2 atom stereocenters. The Hall–Kier alpha value is -0.540. The summed E-state index contributed by atoms with van der Waals surface area (Å²) in [5.41, 5.74) is 1.43. The first-order valence-corrected chi connectivity index (χ1v) is 8.66. The molecule has 1 aliphatic rings. The average Bonchev–Trinajstić information content (AvgIpc) is 2.81. The van der Waals surface area contributed by atoms with Crippen LogP contribution < -0.4 is 5.32 Å². The fourth-order valence-electron chi connectivity index (χ4n) is 2.83. The zero-order chi connectivity index (χ0) is 14.8. The second-order valence-electron chi connectivity index (χ2n) is 6.85. The van der Waals surface area contributed by atoms with Gasteiger partial charge in [-0.1, -0.05) is 20.8 Å². The van der Waals surface area contributed by atoms with Crippen LogP contribution in [0.5, 0.6) is 0 Å². The summed E-state index contributed by atoms with van der Waals surface area (Å²) in [6, 6.07) is 2.11. The van der Waals surface area contributed by atoms with Crippen LogP contribution in [0.3, 0.4) is 0 Å². The molecule has 112 valence electrons. The highest BCUT2D eigenvalue weighted by Gasteiger charge is 2.27. The van der Waals surface area contributed by atoms with Crippen LogP contribution in [0.25, 0.3) is 0 Å². The zero-order valence-corrected chi connectivity index (χ0v) is 14.1. The molecule has 0 saturated heterocycles. The summed E-state index contributed by atoms with van der Waals surface area (Å²) in [4.78, 5) is 13.7. The van der Waals surface area contributed by atoms with Gasteiger partial charge in [0.2, 0.25) is 5.91 Å². The molecule has 1 N–H and O–H groups in total. The van der Waals surface area contributed by atoms with Crippen molar-refractivity contribution < 1.29 is 4.79 Å². The molecule has 0 spiro atoms. The van der Waals surface area contributed by atoms with Crippen molar-refractivity contribution in [2.75, 3.05) is 6.54 Å². The van der Waals surface area contributed by atoms with E-state index in [0.717, 1.165) is 25.7 Å². The summed E-state index contributed by atoms with van der Waals surface area (Å²) in [5, 5.41) is 5.14. The summed E-state index contributed by atoms with van der Waals surface area (Å²) in [7, 11) is 0. The largest absolute Gasteiger partial charge is 0.354 e. The number of amides is 1. The number of hydrogen-bond donors (Lipinski definition) is 1. The van der Waals surface area contributed by atoms with Gasteiger partial charge in [0.05, 0.1) is 11.3 Å². The van der Waals surface area contributed by atoms with Gasteiger partial charge in [-0.2, -0.15) is 0 Å². The minimum Gasteiger partial charge on any atom is -0.354 e. The number of rotatable bonds is 4. The highest BCUT2D eigenvalue weighted by atomic mass is 35.5. The minimum atomic E-state index is 0.00415. The molecule has 1 aromatic heterocycles. The van der Waals surface area contributed by atoms with Gasteiger partial charge >= 0.3 is 0 Å². The lowest BCUT2D eigenvalue weighted by molar-refractivity contribution is -0.122. The van der Waals surface area contributed by atoms with Crippen LogP contribution in [0, 0.1) is 5.41 Å². The highest BCUT2D eigenvalue weighted by Crippen LogP contribution is 2.35. The Labute approximate surface area is 130 Å². The van der Waals surface area contributed by atoms with Crippen molar-refractivity contribution in [1.82, 2.24) is 5.32 Å². The maximum atomic E-state index is 12.4. The Morgan fingerprint density at radius 1 is 1.55 bits per heavy atom. The normalized spacial score (nSPS) is 20.3. The Bertz CT molecular complexity index is 463. The lowest BCUT2D eigenvalue weighted by atomic mass is 9.87. The molecule has 2 unspecified atom stereocenters. The molecular weight excluding hydrogens is 290 g/mol. The zero-order valence-electron chi connectivity index (χ0n) is 12.5. The van der Waals surface area contributed by atoms with Crippen molar-refractivity contribution in [2.45, 2.75) is 57.7 Å². The van der Waals surface area contributed by atoms with Crippen molar-refractivity contribution in [2.24, 2.45) is 5.41 Å². The Balaban J connectivity index is 1.88. The van der Waals surface area contributed by atoms with E-state index in [2.05, 4.69) is 37.5 Å². The van der Waals surface area contributed by atoms with Gasteiger partial charge in [0.15, 0.2) is 0 Å². The number of aryl methyl sites for hydroxylation is 1. The second-order valence-corrected chi connectivity index (χ2v) is 8.47. The number of fused-ring (bicyclic) bond motifs is 1. The van der Waals surface area contributed by atoms with Crippen molar-refractivity contribution in [3.05, 3.63) is 21.9 Å². The van der Waals surface area contributed by atoms with E-state index in [1.54, 1.807) is 11.3 Å². The maximum Gasteiger partial charge on any atom is 0.227 e. The molecule has 1 aromatic rings. The standard InChI is InChI=1S/C16H24ClNOS/c1-16(2,3)9-11(17)10-18-15(19)13-5-4-6-14-12(13)7-8-20-14/h7-8,11,13H,4-6,9-10H2,1-3H3,(H,18,19). The van der Waals surface area contributed by atoms with Crippen LogP contribution in [-0.2, 0) is 11.2 Å². The third kappa shape index (κ3) is 4.23. The van der Waals surface area contributed by atoms with E-state index in [9.17, 15) is 4.79 Å². The number of carbonyl (C=O) groups is 1. The first kappa shape index (κ1) is 15.8. The summed E-state index contributed by atoms with van der Waals surface area (Å²) < 4.78 is 0. The third-order valence-corrected chi connectivity index (χ3v) is 5.01. The van der Waals surface area contributed by atoms with Crippen LogP contribution in [0.4, 0.5) is 0 Å². The van der Waals surface area contributed by atoms with E-state index < -0.39 is 0 Å². The Kier molecular flexibility index (Phi) is 5.14. The van der Waals surface area contributed by atoms with E-state index in [0.29, 0.717) is 6.54 Å². The number of alkyl halides is 1. The van der Waals surface area contributed by atoms with Crippen LogP contribution in [0.1, 0.15) is 56.4 Å². The average molecular weight is 314 g/mol. The van der Waals surface area contributed by atoms with E-state index in [4.69, 9.17) is 11.6 Å². The van der Waals surface area contributed by atoms with Crippen LogP contribution in [0.2, 0.25) is 0 Å². The quantitative estimate of drug-likeness (QED) is 0.824. The van der Waals surface area contributed by atoms with E-state index in [1.165, 1.54) is 10.4 Å². The topological polar surface area (TPSA) is 29.1 Å². The predicted octanol–water partition coefficient (Wildman–Crippen LogP) is 4.33. The number of hydrogen-bond acceptors (Lipinski definition) is 2. The van der Waals surface area contributed by atoms with Crippen molar-refractivity contribution >= 4 is 28.8 Å². The van der Waals surface area contributed by atoms with Crippen LogP contribution >= 0.6 is 22.9 Å². The molecule has 0 aliphatic heterocycles. The van der Waals surface area contributed by atoms with Crippen LogP contribution in [0.15, 0.2) is 11.4 Å². The molecule has 2 rings (SSSR count). The van der Waals surface area contributed by atoms with Gasteiger partial charge in [0.1, 0.15) is 0 Å². The molecule has 0 aromatic carbocycles. The molecule has 1 heterocycles. The summed E-state index contributed by atoms with van der Waals surface area (Å²) >= 11 is 8.09. The second kappa shape index (κ2) is 6.48. The SMILES string of the molecule is CC(C)(C)CC(Cl)CNC(=O)C1CCCc2sccc21. The highest BCUT2D eigenvalue weighted by molar-refractivity contribution is 7.10. The van der Waals surface area contributed by atoms with Crippen molar-refractivity contribution in [3.8, 4) is 0 Å². The Morgan fingerprint density at radius 3 is 3.00 bits per heavy atom. The lowest BCUT2D eigenvalue weighted by Gasteiger charge is -2.24. The van der Waals surface area contributed by atoms with Gasteiger partial charge in [-0.05, 0) is 48.1 Å². The van der Waals surface area contributed by atoms with Gasteiger partial charge in [0.25, 0.3) is 0 Å². The van der Waals surface area contributed by atoms with Crippen molar-refractivity contribution in [1.29, 1.82) is 0 Å². The van der Waals surface area contributed by atoms with Crippen molar-refractivity contribution in [3.63, 3.8) is 0 Å². The fourth-order valence-corrected chi connectivity index (χ4v) is 4.36. The van der Waals surface area contributed by atoms with Gasteiger partial charge in [-0.15, -0.1) is 22.9 Å². The van der Waals surface area contributed by atoms with Gasteiger partial charge in [-0.25, -0.2) is 0 Å². The molecule has 2 nitrogen and oxygen atoms in total. The van der Waals surface area contributed by atoms with Gasteiger partial charge in [0, 0.05) is 11.4 Å². The smallest absolute Gasteiger partial charge is 0.227 e. The summed E-state index contributed by atoms with van der Waals surface area (Å²) in [6.45, 7) is 7.07. The molecule has 20 heavy (non-hydrogen) atoms. The summed E-state index contributed by atoms with van der Waals surface area (Å²) in [5.74, 6) is 0.174. The molecule has 0 bridgehead atoms. The molecule has 1 amide bonds. The number of halogens is 1. The van der Waals surface area contributed by atoms with Crippen LogP contribution in [-0.4, -0.2) is 17.8 Å². The van der Waals surface area contributed by atoms with Gasteiger partial charge in [-0.3, -0.25) is 4.79 Å². The predicted molar refractivity (Wildman–Crippen MR) is 86.7 cm³/mol. The molecule has 4 heteroatoms. The first-order valence-electron chi connectivity index (χ1n) is 7.35. The number of carbonyl (C=O) groups excluding carboxylic acids is 1. The first-order chi connectivity index (χ1) is 9.37. The molecule has 0 radical (unpaired) electrons. The van der Waals surface area contributed by atoms with E-state index in [-0.39, 0.29) is 22.6 Å². The third-order valence-electron chi connectivity index (χ3n) is 3.70. The number of nitrogens with one attached hydrogen (secondary N) is 1. The summed E-state index contributed by atoms with van der Waals surface area (Å²) in [6.07, 6.45) is 4.10. The van der Waals surface area contributed by atoms with E-state index >= 15 is 0 Å².